The van der Waals surface area contributed by atoms with Crippen LogP contribution < -0.4 is 4.74 Å². The minimum atomic E-state index is -0.317. The van der Waals surface area contributed by atoms with Crippen LogP contribution in [0.4, 0.5) is 0 Å². The first-order chi connectivity index (χ1) is 12.7. The molecule has 0 heterocycles. The number of carbonyl (C=O) groups excluding carboxylic acids is 1. The minimum absolute atomic E-state index is 0.0557. The smallest absolute Gasteiger partial charge is 0.344 e. The van der Waals surface area contributed by atoms with Gasteiger partial charge < -0.3 is 9.47 Å². The summed E-state index contributed by atoms with van der Waals surface area (Å²) in [7, 11) is 0. The summed E-state index contributed by atoms with van der Waals surface area (Å²) in [6.07, 6.45) is 15.6. The third kappa shape index (κ3) is 13.0. The molecule has 0 fully saturated rings. The lowest BCUT2D eigenvalue weighted by atomic mass is 10.1. The van der Waals surface area contributed by atoms with Gasteiger partial charge in [-0.05, 0) is 30.7 Å². The predicted octanol–water partition coefficient (Wildman–Crippen LogP) is 6.96. The Bertz CT molecular complexity index is 459. The van der Waals surface area contributed by atoms with Gasteiger partial charge in [0.1, 0.15) is 5.75 Å². The van der Waals surface area contributed by atoms with Gasteiger partial charge in [0.25, 0.3) is 0 Å². The van der Waals surface area contributed by atoms with Crippen LogP contribution in [-0.4, -0.2) is 19.2 Å². The van der Waals surface area contributed by atoms with Gasteiger partial charge in [0.15, 0.2) is 6.61 Å². The average molecular weight is 383 g/mol. The number of rotatable bonds is 16. The molecule has 0 amide bonds. The Morgan fingerprint density at radius 3 is 1.85 bits per heavy atom. The number of esters is 1. The van der Waals surface area contributed by atoms with Crippen molar-refractivity contribution in [2.75, 3.05) is 13.2 Å². The average Bonchev–Trinajstić information content (AvgIpc) is 2.65. The van der Waals surface area contributed by atoms with E-state index in [1.165, 1.54) is 64.2 Å². The van der Waals surface area contributed by atoms with E-state index in [2.05, 4.69) is 6.92 Å². The SMILES string of the molecule is CCCCCCCCCCCCCCOC(=O)COc1ccc(Cl)cc1. The summed E-state index contributed by atoms with van der Waals surface area (Å²) < 4.78 is 10.5. The molecule has 1 aromatic rings. The molecule has 0 aromatic heterocycles. The van der Waals surface area contributed by atoms with E-state index in [1.807, 2.05) is 0 Å². The predicted molar refractivity (Wildman–Crippen MR) is 109 cm³/mol. The maximum absolute atomic E-state index is 11.6. The second-order valence-electron chi connectivity index (χ2n) is 6.85. The fourth-order valence-electron chi connectivity index (χ4n) is 2.84. The van der Waals surface area contributed by atoms with Gasteiger partial charge in [-0.1, -0.05) is 89.2 Å². The van der Waals surface area contributed by atoms with Gasteiger partial charge in [-0.2, -0.15) is 0 Å². The van der Waals surface area contributed by atoms with E-state index in [-0.39, 0.29) is 12.6 Å². The highest BCUT2D eigenvalue weighted by molar-refractivity contribution is 6.30. The molecule has 0 aliphatic rings. The number of halogens is 1. The quantitative estimate of drug-likeness (QED) is 0.229. The van der Waals surface area contributed by atoms with Crippen molar-refractivity contribution in [3.8, 4) is 5.75 Å². The first-order valence-corrected chi connectivity index (χ1v) is 10.6. The molecule has 0 bridgehead atoms. The molecule has 0 aliphatic heterocycles. The molecule has 0 N–H and O–H groups in total. The van der Waals surface area contributed by atoms with Crippen molar-refractivity contribution >= 4 is 17.6 Å². The van der Waals surface area contributed by atoms with E-state index in [0.29, 0.717) is 17.4 Å². The van der Waals surface area contributed by atoms with Crippen molar-refractivity contribution in [1.82, 2.24) is 0 Å². The number of hydrogen-bond donors (Lipinski definition) is 0. The largest absolute Gasteiger partial charge is 0.482 e. The second kappa shape index (κ2) is 16.0. The lowest BCUT2D eigenvalue weighted by Crippen LogP contribution is -2.15. The van der Waals surface area contributed by atoms with Crippen molar-refractivity contribution in [3.63, 3.8) is 0 Å². The molecular weight excluding hydrogens is 348 g/mol. The molecule has 148 valence electrons. The molecule has 1 aromatic carbocycles. The minimum Gasteiger partial charge on any atom is -0.482 e. The normalized spacial score (nSPS) is 10.7. The van der Waals surface area contributed by atoms with Gasteiger partial charge in [-0.25, -0.2) is 4.79 Å². The highest BCUT2D eigenvalue weighted by Gasteiger charge is 2.04. The van der Waals surface area contributed by atoms with Gasteiger partial charge in [0.05, 0.1) is 6.61 Å². The molecule has 0 atom stereocenters. The van der Waals surface area contributed by atoms with E-state index < -0.39 is 0 Å². The number of carbonyl (C=O) groups is 1. The van der Waals surface area contributed by atoms with Crippen molar-refractivity contribution in [2.45, 2.75) is 84.0 Å². The lowest BCUT2D eigenvalue weighted by Gasteiger charge is -2.07. The molecule has 1 rings (SSSR count). The van der Waals surface area contributed by atoms with Gasteiger partial charge >= 0.3 is 5.97 Å². The van der Waals surface area contributed by atoms with Gasteiger partial charge in [-0.15, -0.1) is 0 Å². The van der Waals surface area contributed by atoms with Crippen LogP contribution in [0.1, 0.15) is 84.0 Å². The van der Waals surface area contributed by atoms with E-state index in [9.17, 15) is 4.79 Å². The number of benzene rings is 1. The Hall–Kier alpha value is -1.22. The summed E-state index contributed by atoms with van der Waals surface area (Å²) in [5.41, 5.74) is 0. The van der Waals surface area contributed by atoms with Crippen molar-refractivity contribution in [2.24, 2.45) is 0 Å². The van der Waals surface area contributed by atoms with Gasteiger partial charge in [0, 0.05) is 5.02 Å². The molecule has 0 unspecified atom stereocenters. The number of ether oxygens (including phenoxy) is 2. The zero-order chi connectivity index (χ0) is 18.9. The van der Waals surface area contributed by atoms with Crippen molar-refractivity contribution in [3.05, 3.63) is 29.3 Å². The number of unbranched alkanes of at least 4 members (excludes halogenated alkanes) is 11. The summed E-state index contributed by atoms with van der Waals surface area (Å²) in [4.78, 5) is 11.6. The zero-order valence-electron chi connectivity index (χ0n) is 16.3. The number of hydrogen-bond acceptors (Lipinski definition) is 3. The molecule has 4 heteroatoms. The van der Waals surface area contributed by atoms with Crippen LogP contribution in [0.2, 0.25) is 5.02 Å². The molecule has 3 nitrogen and oxygen atoms in total. The zero-order valence-corrected chi connectivity index (χ0v) is 17.1. The van der Waals surface area contributed by atoms with Crippen LogP contribution >= 0.6 is 11.6 Å². The van der Waals surface area contributed by atoms with Crippen LogP contribution in [0.25, 0.3) is 0 Å². The Morgan fingerprint density at radius 2 is 1.31 bits per heavy atom. The maximum Gasteiger partial charge on any atom is 0.344 e. The Kier molecular flexibility index (Phi) is 14.0. The summed E-state index contributed by atoms with van der Waals surface area (Å²) >= 11 is 5.80. The maximum atomic E-state index is 11.6. The fourth-order valence-corrected chi connectivity index (χ4v) is 2.97. The molecule has 0 spiro atoms. The topological polar surface area (TPSA) is 35.5 Å². The van der Waals surface area contributed by atoms with Crippen LogP contribution in [0.5, 0.6) is 5.75 Å². The standard InChI is InChI=1S/C22H35ClO3/c1-2-3-4-5-6-7-8-9-10-11-12-13-18-25-22(24)19-26-21-16-14-20(23)15-17-21/h14-17H,2-13,18-19H2,1H3. The highest BCUT2D eigenvalue weighted by atomic mass is 35.5. The molecule has 0 saturated heterocycles. The van der Waals surface area contributed by atoms with Gasteiger partial charge in [-0.3, -0.25) is 0 Å². The fraction of sp³-hybridized carbons (Fsp3) is 0.682. The Labute approximate surface area is 164 Å². The summed E-state index contributed by atoms with van der Waals surface area (Å²) in [5, 5.41) is 0.645. The van der Waals surface area contributed by atoms with E-state index in [1.54, 1.807) is 24.3 Å². The van der Waals surface area contributed by atoms with Gasteiger partial charge in [0.2, 0.25) is 0 Å². The van der Waals surface area contributed by atoms with Crippen LogP contribution in [0.3, 0.4) is 0 Å². The first-order valence-electron chi connectivity index (χ1n) is 10.3. The molecule has 0 radical (unpaired) electrons. The Balaban J connectivity index is 1.83. The van der Waals surface area contributed by atoms with Crippen molar-refractivity contribution < 1.29 is 14.3 Å². The first kappa shape index (κ1) is 22.8. The van der Waals surface area contributed by atoms with Crippen LogP contribution in [0, 0.1) is 0 Å². The van der Waals surface area contributed by atoms with Crippen LogP contribution in [0.15, 0.2) is 24.3 Å². The molecule has 0 saturated carbocycles. The summed E-state index contributed by atoms with van der Waals surface area (Å²) in [6.45, 7) is 2.69. The monoisotopic (exact) mass is 382 g/mol. The summed E-state index contributed by atoms with van der Waals surface area (Å²) in [5.74, 6) is 0.305. The highest BCUT2D eigenvalue weighted by Crippen LogP contribution is 2.15. The Morgan fingerprint density at radius 1 is 0.808 bits per heavy atom. The van der Waals surface area contributed by atoms with E-state index >= 15 is 0 Å². The lowest BCUT2D eigenvalue weighted by molar-refractivity contribution is -0.146. The third-order valence-electron chi connectivity index (χ3n) is 4.43. The third-order valence-corrected chi connectivity index (χ3v) is 4.68. The van der Waals surface area contributed by atoms with Crippen LogP contribution in [-0.2, 0) is 9.53 Å². The van der Waals surface area contributed by atoms with E-state index in [0.717, 1.165) is 12.8 Å². The molecule has 26 heavy (non-hydrogen) atoms. The van der Waals surface area contributed by atoms with E-state index in [4.69, 9.17) is 21.1 Å². The summed E-state index contributed by atoms with van der Waals surface area (Å²) in [6, 6.07) is 6.94. The van der Waals surface area contributed by atoms with Crippen molar-refractivity contribution in [1.29, 1.82) is 0 Å². The second-order valence-corrected chi connectivity index (χ2v) is 7.29. The molecular formula is C22H35ClO3. The molecule has 0 aliphatic carbocycles.